The van der Waals surface area contributed by atoms with Gasteiger partial charge in [0.1, 0.15) is 0 Å². The fraction of sp³-hybridized carbons (Fsp3) is 0.500. The van der Waals surface area contributed by atoms with Crippen LogP contribution in [0.3, 0.4) is 0 Å². The van der Waals surface area contributed by atoms with Crippen LogP contribution in [0.25, 0.3) is 0 Å². The fourth-order valence-electron chi connectivity index (χ4n) is 4.43. The number of amides is 2. The average molecular weight is 519 g/mol. The number of nitrogens with one attached hydrogen (secondary N) is 1. The maximum Gasteiger partial charge on any atom is 0.416 e. The predicted molar refractivity (Wildman–Crippen MR) is 139 cm³/mol. The molecule has 0 saturated heterocycles. The first-order valence-electron chi connectivity index (χ1n) is 12.5. The van der Waals surface area contributed by atoms with Crippen LogP contribution in [0.2, 0.25) is 0 Å². The molecule has 6 nitrogen and oxygen atoms in total. The topological polar surface area (TPSA) is 55.9 Å². The van der Waals surface area contributed by atoms with Crippen LogP contribution < -0.4 is 5.32 Å². The fourth-order valence-corrected chi connectivity index (χ4v) is 4.43. The minimum atomic E-state index is -4.50. The Bertz CT molecular complexity index is 1110. The predicted octanol–water partition coefficient (Wildman–Crippen LogP) is 4.64. The largest absolute Gasteiger partial charge is 0.416 e. The molecular formula is C28H37F3N4O2. The first-order valence-corrected chi connectivity index (χ1v) is 12.5. The van der Waals surface area contributed by atoms with E-state index in [0.29, 0.717) is 26.2 Å². The van der Waals surface area contributed by atoms with Crippen LogP contribution in [-0.2, 0) is 35.3 Å². The van der Waals surface area contributed by atoms with E-state index < -0.39 is 17.2 Å². The number of likely N-dealkylation sites (N-methyl/N-ethyl adjacent to an activating group) is 1. The highest BCUT2D eigenvalue weighted by Gasteiger charge is 2.34. The van der Waals surface area contributed by atoms with E-state index in [9.17, 15) is 22.8 Å². The van der Waals surface area contributed by atoms with Crippen LogP contribution in [0.15, 0.2) is 42.5 Å². The van der Waals surface area contributed by atoms with Gasteiger partial charge in [0.2, 0.25) is 11.8 Å². The molecule has 202 valence electrons. The number of alkyl halides is 3. The van der Waals surface area contributed by atoms with Crippen LogP contribution >= 0.6 is 0 Å². The summed E-state index contributed by atoms with van der Waals surface area (Å²) >= 11 is 0. The zero-order valence-corrected chi connectivity index (χ0v) is 22.3. The first-order chi connectivity index (χ1) is 17.3. The lowest BCUT2D eigenvalue weighted by atomic mass is 9.91. The molecule has 2 amide bonds. The van der Waals surface area contributed by atoms with Gasteiger partial charge in [-0.3, -0.25) is 9.59 Å². The van der Waals surface area contributed by atoms with Crippen LogP contribution in [0.1, 0.15) is 43.0 Å². The van der Waals surface area contributed by atoms with Crippen molar-refractivity contribution in [2.45, 2.75) is 46.5 Å². The van der Waals surface area contributed by atoms with E-state index in [-0.39, 0.29) is 30.5 Å². The highest BCUT2D eigenvalue weighted by Crippen LogP contribution is 2.33. The van der Waals surface area contributed by atoms with Crippen LogP contribution in [0.5, 0.6) is 0 Å². The van der Waals surface area contributed by atoms with Gasteiger partial charge in [0.15, 0.2) is 0 Å². The number of fused-ring (bicyclic) bond motifs is 1. The number of carbonyl (C=O) groups excluding carboxylic acids is 2. The van der Waals surface area contributed by atoms with Crippen molar-refractivity contribution in [2.75, 3.05) is 45.6 Å². The van der Waals surface area contributed by atoms with Crippen molar-refractivity contribution in [1.29, 1.82) is 0 Å². The summed E-state index contributed by atoms with van der Waals surface area (Å²) in [5, 5.41) is 3.20. The second kappa shape index (κ2) is 11.5. The van der Waals surface area contributed by atoms with Crippen LogP contribution in [-0.4, -0.2) is 66.8 Å². The third-order valence-electron chi connectivity index (χ3n) is 6.49. The number of hydrogen-bond donors (Lipinski definition) is 1. The molecule has 0 bridgehead atoms. The molecule has 1 aliphatic heterocycles. The Kier molecular flexibility index (Phi) is 8.89. The lowest BCUT2D eigenvalue weighted by molar-refractivity contribution is -0.140. The van der Waals surface area contributed by atoms with Gasteiger partial charge < -0.3 is 20.0 Å². The number of anilines is 1. The maximum atomic E-state index is 13.6. The molecule has 0 unspecified atom stereocenters. The lowest BCUT2D eigenvalue weighted by Gasteiger charge is -2.34. The maximum absolute atomic E-state index is 13.6. The van der Waals surface area contributed by atoms with Gasteiger partial charge in [-0.15, -0.1) is 0 Å². The molecule has 0 spiro atoms. The van der Waals surface area contributed by atoms with Crippen molar-refractivity contribution in [3.63, 3.8) is 0 Å². The third-order valence-corrected chi connectivity index (χ3v) is 6.49. The standard InChI is InChI=1S/C28H37F3N4O2/c1-27(2,3)26(37)35-14-13-20-10-8-12-24(22(20)19-35)32-17-25(36)34(16-15-33(4)5)18-21-9-6-7-11-23(21)28(29,30)31/h6-12,32H,13-19H2,1-5H3. The number of benzene rings is 2. The second-order valence-corrected chi connectivity index (χ2v) is 10.8. The summed E-state index contributed by atoms with van der Waals surface area (Å²) in [4.78, 5) is 31.3. The van der Waals surface area contributed by atoms with E-state index in [2.05, 4.69) is 5.32 Å². The highest BCUT2D eigenvalue weighted by molar-refractivity contribution is 5.83. The molecule has 2 aromatic rings. The van der Waals surface area contributed by atoms with Gasteiger partial charge in [0.25, 0.3) is 0 Å². The Morgan fingerprint density at radius 2 is 1.70 bits per heavy atom. The normalized spacial score (nSPS) is 13.9. The van der Waals surface area contributed by atoms with Crippen LogP contribution in [0, 0.1) is 5.41 Å². The number of halogens is 3. The van der Waals surface area contributed by atoms with E-state index in [4.69, 9.17) is 0 Å². The summed E-state index contributed by atoms with van der Waals surface area (Å²) in [5.41, 5.74) is 1.71. The van der Waals surface area contributed by atoms with Gasteiger partial charge in [0, 0.05) is 43.8 Å². The summed E-state index contributed by atoms with van der Waals surface area (Å²) in [6.07, 6.45) is -3.77. The summed E-state index contributed by atoms with van der Waals surface area (Å²) < 4.78 is 40.7. The molecule has 0 fully saturated rings. The van der Waals surface area contributed by atoms with E-state index in [1.165, 1.54) is 17.0 Å². The Labute approximate surface area is 217 Å². The van der Waals surface area contributed by atoms with Crippen molar-refractivity contribution in [3.8, 4) is 0 Å². The summed E-state index contributed by atoms with van der Waals surface area (Å²) in [6.45, 7) is 7.39. The molecular weight excluding hydrogens is 481 g/mol. The van der Waals surface area contributed by atoms with Crippen molar-refractivity contribution < 1.29 is 22.8 Å². The zero-order valence-electron chi connectivity index (χ0n) is 22.3. The summed E-state index contributed by atoms with van der Waals surface area (Å²) in [6, 6.07) is 11.2. The minimum absolute atomic E-state index is 0.0642. The van der Waals surface area contributed by atoms with Gasteiger partial charge >= 0.3 is 6.18 Å². The van der Waals surface area contributed by atoms with Crippen molar-refractivity contribution >= 4 is 17.5 Å². The summed E-state index contributed by atoms with van der Waals surface area (Å²) in [7, 11) is 3.71. The van der Waals surface area contributed by atoms with Crippen molar-refractivity contribution in [2.24, 2.45) is 5.41 Å². The van der Waals surface area contributed by atoms with Gasteiger partial charge in [-0.05, 0) is 49.3 Å². The third kappa shape index (κ3) is 7.47. The Morgan fingerprint density at radius 3 is 2.35 bits per heavy atom. The first kappa shape index (κ1) is 28.5. The minimum Gasteiger partial charge on any atom is -0.376 e. The molecule has 1 aliphatic rings. The number of nitrogens with zero attached hydrogens (tertiary/aromatic N) is 3. The number of hydrogen-bond acceptors (Lipinski definition) is 4. The molecule has 9 heteroatoms. The van der Waals surface area contributed by atoms with E-state index in [0.717, 1.165) is 29.3 Å². The lowest BCUT2D eigenvalue weighted by Crippen LogP contribution is -2.43. The number of rotatable bonds is 8. The van der Waals surface area contributed by atoms with Gasteiger partial charge in [-0.2, -0.15) is 13.2 Å². The van der Waals surface area contributed by atoms with Gasteiger partial charge in [-0.1, -0.05) is 51.1 Å². The number of carbonyl (C=O) groups is 2. The van der Waals surface area contributed by atoms with E-state index in [1.807, 2.05) is 62.9 Å². The quantitative estimate of drug-likeness (QED) is 0.553. The molecule has 37 heavy (non-hydrogen) atoms. The van der Waals surface area contributed by atoms with Crippen LogP contribution in [0.4, 0.5) is 18.9 Å². The molecule has 0 aliphatic carbocycles. The Hall–Kier alpha value is -3.07. The molecule has 0 saturated carbocycles. The van der Waals surface area contributed by atoms with Crippen molar-refractivity contribution in [1.82, 2.24) is 14.7 Å². The highest BCUT2D eigenvalue weighted by atomic mass is 19.4. The molecule has 1 N–H and O–H groups in total. The second-order valence-electron chi connectivity index (χ2n) is 10.8. The van der Waals surface area contributed by atoms with Gasteiger partial charge in [0.05, 0.1) is 12.1 Å². The van der Waals surface area contributed by atoms with Gasteiger partial charge in [-0.25, -0.2) is 0 Å². The Balaban J connectivity index is 1.77. The summed E-state index contributed by atoms with van der Waals surface area (Å²) in [5.74, 6) is -0.225. The average Bonchev–Trinajstić information content (AvgIpc) is 2.83. The monoisotopic (exact) mass is 518 g/mol. The smallest absolute Gasteiger partial charge is 0.376 e. The molecule has 1 heterocycles. The molecule has 0 aromatic heterocycles. The SMILES string of the molecule is CN(C)CCN(Cc1ccccc1C(F)(F)F)C(=O)CNc1cccc2c1CN(C(=O)C(C)(C)C)CC2. The molecule has 2 aromatic carbocycles. The van der Waals surface area contributed by atoms with Crippen molar-refractivity contribution in [3.05, 3.63) is 64.7 Å². The van der Waals surface area contributed by atoms with E-state index in [1.54, 1.807) is 6.07 Å². The molecule has 0 radical (unpaired) electrons. The Morgan fingerprint density at radius 1 is 1.00 bits per heavy atom. The molecule has 0 atom stereocenters. The zero-order chi connectivity index (χ0) is 27.4. The van der Waals surface area contributed by atoms with E-state index >= 15 is 0 Å². The molecule has 3 rings (SSSR count).